The Morgan fingerprint density at radius 2 is 1.70 bits per heavy atom. The molecular formula is C25H33N7O. The summed E-state index contributed by atoms with van der Waals surface area (Å²) in [5.74, 6) is 0. The summed E-state index contributed by atoms with van der Waals surface area (Å²) < 4.78 is 1.70. The van der Waals surface area contributed by atoms with Crippen molar-refractivity contribution in [2.24, 2.45) is 0 Å². The fourth-order valence-corrected chi connectivity index (χ4v) is 4.15. The summed E-state index contributed by atoms with van der Waals surface area (Å²) in [6.07, 6.45) is 3.17. The minimum atomic E-state index is -0.172. The average molecular weight is 448 g/mol. The first-order valence-corrected chi connectivity index (χ1v) is 11.6. The third-order valence-electron chi connectivity index (χ3n) is 6.29. The number of rotatable bonds is 8. The van der Waals surface area contributed by atoms with Crippen LogP contribution in [0.15, 0.2) is 61.2 Å². The van der Waals surface area contributed by atoms with Crippen LogP contribution in [0.5, 0.6) is 0 Å². The summed E-state index contributed by atoms with van der Waals surface area (Å²) in [7, 11) is 0. The molecule has 0 spiro atoms. The second-order valence-electron chi connectivity index (χ2n) is 8.46. The van der Waals surface area contributed by atoms with Crippen molar-refractivity contribution in [2.75, 3.05) is 32.7 Å². The summed E-state index contributed by atoms with van der Waals surface area (Å²) in [5.41, 5.74) is 4.40. The van der Waals surface area contributed by atoms with Crippen molar-refractivity contribution in [2.45, 2.75) is 33.0 Å². The number of nitrogens with one attached hydrogen (secondary N) is 2. The monoisotopic (exact) mass is 447 g/mol. The normalized spacial score (nSPS) is 15.8. The smallest absolute Gasteiger partial charge is 0.315 e. The molecule has 174 valence electrons. The van der Waals surface area contributed by atoms with Crippen LogP contribution in [-0.2, 0) is 13.1 Å². The third kappa shape index (κ3) is 6.18. The molecule has 1 unspecified atom stereocenters. The second kappa shape index (κ2) is 11.1. The molecule has 8 heteroatoms. The summed E-state index contributed by atoms with van der Waals surface area (Å²) in [6.45, 7) is 11.2. The Kier molecular flexibility index (Phi) is 7.70. The number of hydrogen-bond donors (Lipinski definition) is 2. The molecule has 1 aliphatic rings. The number of aromatic nitrogens is 3. The number of nitrogens with zero attached hydrogens (tertiary/aromatic N) is 5. The molecule has 4 rings (SSSR count). The van der Waals surface area contributed by atoms with E-state index < -0.39 is 0 Å². The van der Waals surface area contributed by atoms with E-state index in [0.717, 1.165) is 56.1 Å². The molecule has 2 amide bonds. The quantitative estimate of drug-likeness (QED) is 0.555. The molecule has 1 fully saturated rings. The van der Waals surface area contributed by atoms with Crippen LogP contribution in [0.4, 0.5) is 4.79 Å². The molecule has 33 heavy (non-hydrogen) atoms. The number of benzene rings is 2. The number of carbonyl (C=O) groups excluding carboxylic acids is 1. The van der Waals surface area contributed by atoms with Crippen LogP contribution in [0, 0.1) is 0 Å². The lowest BCUT2D eigenvalue weighted by atomic mass is 10.1. The van der Waals surface area contributed by atoms with Gasteiger partial charge < -0.3 is 15.5 Å². The molecule has 0 radical (unpaired) electrons. The standard InChI is InChI=1S/C25H33N7O/c1-3-30-12-14-31(15-13-30)17-23-7-5-4-6-22(23)16-27-25(33)29-20(2)21-8-10-24(11-9-21)32-19-26-18-28-32/h4-11,18-20H,3,12-17H2,1-2H3,(H2,27,29,33). The first-order valence-electron chi connectivity index (χ1n) is 11.6. The van der Waals surface area contributed by atoms with Gasteiger partial charge in [-0.25, -0.2) is 14.5 Å². The highest BCUT2D eigenvalue weighted by molar-refractivity contribution is 5.74. The van der Waals surface area contributed by atoms with Gasteiger partial charge in [0.1, 0.15) is 12.7 Å². The Morgan fingerprint density at radius 1 is 1.00 bits per heavy atom. The lowest BCUT2D eigenvalue weighted by molar-refractivity contribution is 0.131. The summed E-state index contributed by atoms with van der Waals surface area (Å²) in [4.78, 5) is 21.5. The van der Waals surface area contributed by atoms with Gasteiger partial charge in [-0.05, 0) is 42.3 Å². The lowest BCUT2D eigenvalue weighted by Crippen LogP contribution is -2.45. The predicted octanol–water partition coefficient (Wildman–Crippen LogP) is 2.97. The van der Waals surface area contributed by atoms with Gasteiger partial charge in [0.15, 0.2) is 0 Å². The third-order valence-corrected chi connectivity index (χ3v) is 6.29. The van der Waals surface area contributed by atoms with E-state index in [1.165, 1.54) is 11.9 Å². The minimum absolute atomic E-state index is 0.111. The highest BCUT2D eigenvalue weighted by atomic mass is 16.2. The molecule has 1 saturated heterocycles. The van der Waals surface area contributed by atoms with Gasteiger partial charge >= 0.3 is 6.03 Å². The Balaban J connectivity index is 1.28. The maximum absolute atomic E-state index is 12.6. The molecule has 1 aliphatic heterocycles. The number of likely N-dealkylation sites (N-methyl/N-ethyl adjacent to an activating group) is 1. The second-order valence-corrected chi connectivity index (χ2v) is 8.46. The Hall–Kier alpha value is -3.23. The number of amides is 2. The van der Waals surface area contributed by atoms with E-state index in [9.17, 15) is 4.79 Å². The predicted molar refractivity (Wildman–Crippen MR) is 129 cm³/mol. The Bertz CT molecular complexity index is 1010. The lowest BCUT2D eigenvalue weighted by Gasteiger charge is -2.34. The molecule has 0 bridgehead atoms. The van der Waals surface area contributed by atoms with Gasteiger partial charge in [0.05, 0.1) is 11.7 Å². The summed E-state index contributed by atoms with van der Waals surface area (Å²) in [6, 6.07) is 16.0. The highest BCUT2D eigenvalue weighted by Gasteiger charge is 2.17. The van der Waals surface area contributed by atoms with Crippen molar-refractivity contribution in [3.63, 3.8) is 0 Å². The largest absolute Gasteiger partial charge is 0.334 e. The van der Waals surface area contributed by atoms with Crippen LogP contribution in [-0.4, -0.2) is 63.3 Å². The molecule has 2 N–H and O–H groups in total. The average Bonchev–Trinajstić information content (AvgIpc) is 3.39. The van der Waals surface area contributed by atoms with Crippen molar-refractivity contribution < 1.29 is 4.79 Å². The van der Waals surface area contributed by atoms with E-state index in [4.69, 9.17) is 0 Å². The molecule has 1 aromatic heterocycles. The van der Waals surface area contributed by atoms with Crippen LogP contribution in [0.25, 0.3) is 5.69 Å². The molecule has 3 aromatic rings. The van der Waals surface area contributed by atoms with Crippen LogP contribution in [0.3, 0.4) is 0 Å². The summed E-state index contributed by atoms with van der Waals surface area (Å²) in [5, 5.41) is 10.2. The number of urea groups is 1. The van der Waals surface area contributed by atoms with Gasteiger partial charge in [-0.3, -0.25) is 4.90 Å². The topological polar surface area (TPSA) is 78.3 Å². The van der Waals surface area contributed by atoms with E-state index in [0.29, 0.717) is 6.54 Å². The maximum Gasteiger partial charge on any atom is 0.315 e. The number of piperazine rings is 1. The molecule has 2 heterocycles. The Morgan fingerprint density at radius 3 is 2.36 bits per heavy atom. The zero-order valence-corrected chi connectivity index (χ0v) is 19.4. The van der Waals surface area contributed by atoms with Crippen molar-refractivity contribution in [3.8, 4) is 5.69 Å². The van der Waals surface area contributed by atoms with E-state index in [-0.39, 0.29) is 12.1 Å². The van der Waals surface area contributed by atoms with Crippen molar-refractivity contribution >= 4 is 6.03 Å². The van der Waals surface area contributed by atoms with Crippen LogP contribution in [0.1, 0.15) is 36.6 Å². The van der Waals surface area contributed by atoms with Gasteiger partial charge in [-0.15, -0.1) is 0 Å². The van der Waals surface area contributed by atoms with Gasteiger partial charge in [-0.1, -0.05) is 43.3 Å². The maximum atomic E-state index is 12.6. The fraction of sp³-hybridized carbons (Fsp3) is 0.400. The number of hydrogen-bond acceptors (Lipinski definition) is 5. The fourth-order valence-electron chi connectivity index (χ4n) is 4.15. The van der Waals surface area contributed by atoms with Crippen molar-refractivity contribution in [3.05, 3.63) is 77.9 Å². The zero-order chi connectivity index (χ0) is 23.0. The van der Waals surface area contributed by atoms with Gasteiger partial charge in [-0.2, -0.15) is 5.10 Å². The van der Waals surface area contributed by atoms with Gasteiger partial charge in [0, 0.05) is 39.3 Å². The van der Waals surface area contributed by atoms with Crippen molar-refractivity contribution in [1.82, 2.24) is 35.2 Å². The Labute approximate surface area is 195 Å². The zero-order valence-electron chi connectivity index (χ0n) is 19.4. The molecule has 0 saturated carbocycles. The molecular weight excluding hydrogens is 414 g/mol. The summed E-state index contributed by atoms with van der Waals surface area (Å²) >= 11 is 0. The molecule has 0 aliphatic carbocycles. The first kappa shape index (κ1) is 22.9. The first-order chi connectivity index (χ1) is 16.1. The van der Waals surface area contributed by atoms with E-state index in [1.54, 1.807) is 11.0 Å². The molecule has 8 nitrogen and oxygen atoms in total. The molecule has 1 atom stereocenters. The van der Waals surface area contributed by atoms with Crippen LogP contribution >= 0.6 is 0 Å². The van der Waals surface area contributed by atoms with Crippen LogP contribution in [0.2, 0.25) is 0 Å². The molecule has 2 aromatic carbocycles. The SMILES string of the molecule is CCN1CCN(Cc2ccccc2CNC(=O)NC(C)c2ccc(-n3cncn3)cc2)CC1. The van der Waals surface area contributed by atoms with Crippen LogP contribution < -0.4 is 10.6 Å². The highest BCUT2D eigenvalue weighted by Crippen LogP contribution is 2.16. The van der Waals surface area contributed by atoms with E-state index in [2.05, 4.69) is 55.6 Å². The van der Waals surface area contributed by atoms with Crippen molar-refractivity contribution in [1.29, 1.82) is 0 Å². The van der Waals surface area contributed by atoms with Gasteiger partial charge in [0.25, 0.3) is 0 Å². The number of carbonyl (C=O) groups is 1. The van der Waals surface area contributed by atoms with E-state index in [1.807, 2.05) is 37.3 Å². The van der Waals surface area contributed by atoms with E-state index >= 15 is 0 Å². The van der Waals surface area contributed by atoms with Gasteiger partial charge in [0.2, 0.25) is 0 Å². The minimum Gasteiger partial charge on any atom is -0.334 e.